The second-order valence-corrected chi connectivity index (χ2v) is 11.6. The van der Waals surface area contributed by atoms with Gasteiger partial charge in [0.25, 0.3) is 10.0 Å². The Labute approximate surface area is 228 Å². The van der Waals surface area contributed by atoms with Crippen LogP contribution in [0.15, 0.2) is 65.8 Å². The molecule has 39 heavy (non-hydrogen) atoms. The third-order valence-electron chi connectivity index (χ3n) is 5.45. The first-order valence-electron chi connectivity index (χ1n) is 12.5. The topological polar surface area (TPSA) is 145 Å². The number of carboxylic acids is 1. The largest absolute Gasteiger partial charge is 0.489 e. The van der Waals surface area contributed by atoms with Crippen LogP contribution in [0.1, 0.15) is 67.9 Å². The molecule has 0 spiro atoms. The van der Waals surface area contributed by atoms with Crippen LogP contribution in [0.3, 0.4) is 0 Å². The first-order chi connectivity index (χ1) is 18.4. The first-order valence-corrected chi connectivity index (χ1v) is 14.0. The van der Waals surface area contributed by atoms with Crippen molar-refractivity contribution < 1.29 is 32.6 Å². The zero-order chi connectivity index (χ0) is 28.5. The number of sulfonamides is 1. The van der Waals surface area contributed by atoms with Gasteiger partial charge in [0.1, 0.15) is 18.0 Å². The summed E-state index contributed by atoms with van der Waals surface area (Å²) in [5.74, 6) is -1.09. The third-order valence-corrected chi connectivity index (χ3v) is 6.80. The number of hydrogen-bond acceptors (Lipinski definition) is 8. The molecule has 11 heteroatoms. The number of aromatic carboxylic acids is 1. The number of aryl methyl sites for hydroxylation is 1. The predicted octanol–water partition coefficient (Wildman–Crippen LogP) is 5.00. The van der Waals surface area contributed by atoms with Crippen molar-refractivity contribution in [2.45, 2.75) is 70.0 Å². The molecule has 3 rings (SSSR count). The number of ether oxygens (including phenoxy) is 2. The van der Waals surface area contributed by atoms with Gasteiger partial charge in [-0.2, -0.15) is 0 Å². The van der Waals surface area contributed by atoms with Crippen molar-refractivity contribution in [3.05, 3.63) is 77.6 Å². The summed E-state index contributed by atoms with van der Waals surface area (Å²) in [6.07, 6.45) is 6.15. The Morgan fingerprint density at radius 1 is 0.897 bits per heavy atom. The second kappa shape index (κ2) is 13.2. The number of benzene rings is 2. The maximum atomic E-state index is 12.6. The highest BCUT2D eigenvalue weighted by Gasteiger charge is 2.17. The fraction of sp³-hybridized carbons (Fsp3) is 0.357. The minimum Gasteiger partial charge on any atom is -0.489 e. The molecule has 208 valence electrons. The van der Waals surface area contributed by atoms with E-state index < -0.39 is 21.6 Å². The van der Waals surface area contributed by atoms with Gasteiger partial charge in [0.2, 0.25) is 5.95 Å². The SMILES string of the molecule is CC(C)(C)OC(=O)CCCCCc1ccc(COc2ccc(S(=O)(=O)Nc3ncc(C(=O)O)cn3)cc2)cc1. The van der Waals surface area contributed by atoms with Gasteiger partial charge in [-0.05, 0) is 75.4 Å². The number of nitrogens with zero attached hydrogens (tertiary/aromatic N) is 2. The molecule has 0 bridgehead atoms. The van der Waals surface area contributed by atoms with E-state index in [1.54, 1.807) is 12.1 Å². The molecule has 0 amide bonds. The van der Waals surface area contributed by atoms with Gasteiger partial charge in [-0.15, -0.1) is 0 Å². The number of carbonyl (C=O) groups excluding carboxylic acids is 1. The van der Waals surface area contributed by atoms with Gasteiger partial charge < -0.3 is 14.6 Å². The molecule has 0 unspecified atom stereocenters. The van der Waals surface area contributed by atoms with Crippen LogP contribution in [0.25, 0.3) is 0 Å². The third kappa shape index (κ3) is 10.0. The summed E-state index contributed by atoms with van der Waals surface area (Å²) in [5.41, 5.74) is 1.59. The number of carboxylic acid groups (broad SMARTS) is 1. The molecule has 10 nitrogen and oxygen atoms in total. The normalized spacial score (nSPS) is 11.6. The lowest BCUT2D eigenvalue weighted by atomic mass is 10.0. The Morgan fingerprint density at radius 3 is 2.10 bits per heavy atom. The average molecular weight is 556 g/mol. The molecule has 0 aliphatic heterocycles. The van der Waals surface area contributed by atoms with E-state index in [9.17, 15) is 18.0 Å². The number of anilines is 1. The van der Waals surface area contributed by atoms with Gasteiger partial charge >= 0.3 is 11.9 Å². The van der Waals surface area contributed by atoms with E-state index >= 15 is 0 Å². The molecule has 0 aliphatic rings. The zero-order valence-corrected chi connectivity index (χ0v) is 23.0. The van der Waals surface area contributed by atoms with Gasteiger partial charge in [0, 0.05) is 18.8 Å². The van der Waals surface area contributed by atoms with E-state index in [1.807, 2.05) is 32.9 Å². The molecule has 0 fully saturated rings. The van der Waals surface area contributed by atoms with Gasteiger partial charge in [0.15, 0.2) is 0 Å². The highest BCUT2D eigenvalue weighted by Crippen LogP contribution is 2.20. The van der Waals surface area contributed by atoms with Gasteiger partial charge in [-0.3, -0.25) is 4.79 Å². The Balaban J connectivity index is 1.42. The van der Waals surface area contributed by atoms with Gasteiger partial charge in [-0.1, -0.05) is 30.7 Å². The predicted molar refractivity (Wildman–Crippen MR) is 145 cm³/mol. The smallest absolute Gasteiger partial charge is 0.338 e. The van der Waals surface area contributed by atoms with Crippen LogP contribution in [0.2, 0.25) is 0 Å². The van der Waals surface area contributed by atoms with Crippen LogP contribution < -0.4 is 9.46 Å². The quantitative estimate of drug-likeness (QED) is 0.220. The number of nitrogens with one attached hydrogen (secondary N) is 1. The molecule has 0 saturated carbocycles. The van der Waals surface area contributed by atoms with E-state index in [4.69, 9.17) is 14.6 Å². The molecule has 0 atom stereocenters. The highest BCUT2D eigenvalue weighted by molar-refractivity contribution is 7.92. The monoisotopic (exact) mass is 555 g/mol. The van der Waals surface area contributed by atoms with Crippen LogP contribution in [0.5, 0.6) is 5.75 Å². The molecule has 1 heterocycles. The van der Waals surface area contributed by atoms with E-state index in [0.717, 1.165) is 43.6 Å². The van der Waals surface area contributed by atoms with E-state index in [1.165, 1.54) is 17.7 Å². The molecule has 2 aromatic carbocycles. The zero-order valence-electron chi connectivity index (χ0n) is 22.2. The fourth-order valence-corrected chi connectivity index (χ4v) is 4.48. The van der Waals surface area contributed by atoms with E-state index in [0.29, 0.717) is 18.8 Å². The number of hydrogen-bond donors (Lipinski definition) is 2. The van der Waals surface area contributed by atoms with E-state index in [2.05, 4.69) is 26.8 Å². The van der Waals surface area contributed by atoms with Crippen LogP contribution in [0.4, 0.5) is 5.95 Å². The number of esters is 1. The van der Waals surface area contributed by atoms with Crippen molar-refractivity contribution in [3.8, 4) is 5.75 Å². The lowest BCUT2D eigenvalue weighted by Gasteiger charge is -2.19. The molecule has 2 N–H and O–H groups in total. The van der Waals surface area contributed by atoms with Gasteiger partial charge in [0.05, 0.1) is 10.5 Å². The summed E-state index contributed by atoms with van der Waals surface area (Å²) in [5, 5.41) is 8.88. The van der Waals surface area contributed by atoms with Gasteiger partial charge in [-0.25, -0.2) is 27.9 Å². The van der Waals surface area contributed by atoms with Crippen LogP contribution >= 0.6 is 0 Å². The fourth-order valence-electron chi connectivity index (χ4n) is 3.52. The lowest BCUT2D eigenvalue weighted by Crippen LogP contribution is -2.23. The van der Waals surface area contributed by atoms with Crippen LogP contribution in [-0.4, -0.2) is 41.0 Å². The minimum absolute atomic E-state index is 0.0174. The van der Waals surface area contributed by atoms with E-state index in [-0.39, 0.29) is 22.4 Å². The van der Waals surface area contributed by atoms with Crippen molar-refractivity contribution in [2.24, 2.45) is 0 Å². The summed E-state index contributed by atoms with van der Waals surface area (Å²) in [4.78, 5) is 30.0. The number of aromatic nitrogens is 2. The minimum atomic E-state index is -3.96. The molecule has 0 aliphatic carbocycles. The summed E-state index contributed by atoms with van der Waals surface area (Å²) in [7, 11) is -3.96. The molecular formula is C28H33N3O7S. The summed E-state index contributed by atoms with van der Waals surface area (Å²) in [6, 6.07) is 14.0. The Bertz CT molecular complexity index is 1350. The summed E-state index contributed by atoms with van der Waals surface area (Å²) >= 11 is 0. The van der Waals surface area contributed by atoms with Crippen LogP contribution in [0, 0.1) is 0 Å². The molecular weight excluding hydrogens is 522 g/mol. The standard InChI is InChI=1S/C28H33N3O7S/c1-28(2,3)38-25(32)8-6-4-5-7-20-9-11-21(12-10-20)19-37-23-13-15-24(16-14-23)39(35,36)31-27-29-17-22(18-30-27)26(33)34/h9-18H,4-8,19H2,1-3H3,(H,33,34)(H,29,30,31). The lowest BCUT2D eigenvalue weighted by molar-refractivity contribution is -0.154. The van der Waals surface area contributed by atoms with Crippen molar-refractivity contribution in [1.29, 1.82) is 0 Å². The second-order valence-electron chi connectivity index (χ2n) is 9.93. The molecule has 0 saturated heterocycles. The summed E-state index contributed by atoms with van der Waals surface area (Å²) < 4.78 is 38.5. The Kier molecular flexibility index (Phi) is 10.00. The first kappa shape index (κ1) is 29.6. The molecule has 3 aromatic rings. The number of unbranched alkanes of at least 4 members (excludes halogenated alkanes) is 2. The number of rotatable bonds is 13. The molecule has 0 radical (unpaired) electrons. The maximum absolute atomic E-state index is 12.6. The highest BCUT2D eigenvalue weighted by atomic mass is 32.2. The Hall–Kier alpha value is -3.99. The summed E-state index contributed by atoms with van der Waals surface area (Å²) in [6.45, 7) is 5.93. The van der Waals surface area contributed by atoms with Crippen molar-refractivity contribution in [1.82, 2.24) is 9.97 Å². The number of carbonyl (C=O) groups is 2. The molecule has 1 aromatic heterocycles. The van der Waals surface area contributed by atoms with Crippen molar-refractivity contribution in [2.75, 3.05) is 4.72 Å². The van der Waals surface area contributed by atoms with Crippen molar-refractivity contribution in [3.63, 3.8) is 0 Å². The maximum Gasteiger partial charge on any atom is 0.338 e. The van der Waals surface area contributed by atoms with Crippen molar-refractivity contribution >= 4 is 27.9 Å². The average Bonchev–Trinajstić information content (AvgIpc) is 2.87. The van der Waals surface area contributed by atoms with Crippen LogP contribution in [-0.2, 0) is 32.6 Å². The Morgan fingerprint density at radius 2 is 1.51 bits per heavy atom.